The van der Waals surface area contributed by atoms with E-state index in [-0.39, 0.29) is 34.6 Å². The summed E-state index contributed by atoms with van der Waals surface area (Å²) in [4.78, 5) is 25.5. The van der Waals surface area contributed by atoms with Crippen LogP contribution in [0.25, 0.3) is 0 Å². The average Bonchev–Trinajstić information content (AvgIpc) is 2.86. The van der Waals surface area contributed by atoms with Crippen LogP contribution in [-0.4, -0.2) is 25.2 Å². The molecule has 1 aliphatic carbocycles. The second-order valence-corrected chi connectivity index (χ2v) is 13.2. The maximum absolute atomic E-state index is 12.8. The van der Waals surface area contributed by atoms with Crippen LogP contribution < -0.4 is 0 Å². The standard InChI is InChI=1S/C32H60O4/c1-9-11-13-15-17-25(3)31(5,6)23-35-29(33)27-19-21-28(22-20-27)30(34)36-24-32(7,8)26(4)18-16-14-12-10-2/h25-28H,9-24H2,1-8H3. The number of hydrogen-bond donors (Lipinski definition) is 0. The maximum Gasteiger partial charge on any atom is 0.308 e. The summed E-state index contributed by atoms with van der Waals surface area (Å²) in [7, 11) is 0. The van der Waals surface area contributed by atoms with Gasteiger partial charge in [0, 0.05) is 10.8 Å². The van der Waals surface area contributed by atoms with E-state index in [1.807, 2.05) is 0 Å². The molecule has 0 aromatic carbocycles. The summed E-state index contributed by atoms with van der Waals surface area (Å²) in [6.45, 7) is 18.9. The first-order chi connectivity index (χ1) is 16.9. The van der Waals surface area contributed by atoms with Gasteiger partial charge in [-0.3, -0.25) is 9.59 Å². The van der Waals surface area contributed by atoms with Crippen molar-refractivity contribution in [2.45, 2.75) is 145 Å². The number of carbonyl (C=O) groups is 2. The lowest BCUT2D eigenvalue weighted by atomic mass is 9.77. The van der Waals surface area contributed by atoms with Crippen molar-refractivity contribution in [3.8, 4) is 0 Å². The van der Waals surface area contributed by atoms with Gasteiger partial charge in [0.05, 0.1) is 25.0 Å². The van der Waals surface area contributed by atoms with Gasteiger partial charge in [0.25, 0.3) is 0 Å². The first kappa shape index (κ1) is 33.0. The molecule has 0 aromatic rings. The number of esters is 2. The summed E-state index contributed by atoms with van der Waals surface area (Å²) in [5.74, 6) is 0.734. The summed E-state index contributed by atoms with van der Waals surface area (Å²) in [5.41, 5.74) is -0.0222. The topological polar surface area (TPSA) is 52.6 Å². The predicted molar refractivity (Wildman–Crippen MR) is 151 cm³/mol. The van der Waals surface area contributed by atoms with Crippen LogP contribution in [0.4, 0.5) is 0 Å². The minimum atomic E-state index is -0.0794. The van der Waals surface area contributed by atoms with Gasteiger partial charge in [-0.15, -0.1) is 0 Å². The monoisotopic (exact) mass is 508 g/mol. The third kappa shape index (κ3) is 12.0. The minimum absolute atomic E-state index is 0.0111. The molecule has 1 fully saturated rings. The molecule has 1 rings (SSSR count). The summed E-state index contributed by atoms with van der Waals surface area (Å²) >= 11 is 0. The van der Waals surface area contributed by atoms with E-state index in [1.165, 1.54) is 64.2 Å². The Bertz CT molecular complexity index is 562. The van der Waals surface area contributed by atoms with E-state index in [0.717, 1.165) is 25.7 Å². The molecule has 0 radical (unpaired) electrons. The van der Waals surface area contributed by atoms with Crippen LogP contribution in [0, 0.1) is 34.5 Å². The maximum atomic E-state index is 12.8. The lowest BCUT2D eigenvalue weighted by Crippen LogP contribution is -2.34. The van der Waals surface area contributed by atoms with E-state index < -0.39 is 0 Å². The second-order valence-electron chi connectivity index (χ2n) is 13.2. The zero-order chi connectivity index (χ0) is 27.2. The van der Waals surface area contributed by atoms with Crippen molar-refractivity contribution in [3.05, 3.63) is 0 Å². The molecular formula is C32H60O4. The fourth-order valence-corrected chi connectivity index (χ4v) is 5.14. The molecule has 0 saturated heterocycles. The van der Waals surface area contributed by atoms with Crippen molar-refractivity contribution in [2.24, 2.45) is 34.5 Å². The fourth-order valence-electron chi connectivity index (χ4n) is 5.14. The molecule has 1 aliphatic rings. The van der Waals surface area contributed by atoms with Gasteiger partial charge in [-0.25, -0.2) is 0 Å². The Morgan fingerprint density at radius 2 is 0.972 bits per heavy atom. The third-order valence-electron chi connectivity index (χ3n) is 9.22. The van der Waals surface area contributed by atoms with Crippen LogP contribution >= 0.6 is 0 Å². The Balaban J connectivity index is 2.36. The fraction of sp³-hybridized carbons (Fsp3) is 0.938. The van der Waals surface area contributed by atoms with Crippen LogP contribution in [0.2, 0.25) is 0 Å². The van der Waals surface area contributed by atoms with Gasteiger partial charge in [-0.2, -0.15) is 0 Å². The van der Waals surface area contributed by atoms with E-state index in [4.69, 9.17) is 9.47 Å². The molecule has 0 heterocycles. The molecule has 0 amide bonds. The van der Waals surface area contributed by atoms with Gasteiger partial charge < -0.3 is 9.47 Å². The van der Waals surface area contributed by atoms with Gasteiger partial charge in [0.2, 0.25) is 0 Å². The third-order valence-corrected chi connectivity index (χ3v) is 9.22. The molecule has 0 N–H and O–H groups in total. The van der Waals surface area contributed by atoms with Gasteiger partial charge in [0.15, 0.2) is 0 Å². The molecular weight excluding hydrogens is 448 g/mol. The summed E-state index contributed by atoms with van der Waals surface area (Å²) in [5, 5.41) is 0. The molecule has 0 aliphatic heterocycles. The van der Waals surface area contributed by atoms with E-state index >= 15 is 0 Å². The largest absolute Gasteiger partial charge is 0.465 e. The quantitative estimate of drug-likeness (QED) is 0.137. The van der Waals surface area contributed by atoms with E-state index in [2.05, 4.69) is 55.4 Å². The number of carbonyl (C=O) groups excluding carboxylic acids is 2. The van der Waals surface area contributed by atoms with Crippen LogP contribution in [0.3, 0.4) is 0 Å². The average molecular weight is 509 g/mol. The molecule has 0 bridgehead atoms. The highest BCUT2D eigenvalue weighted by Gasteiger charge is 2.35. The number of ether oxygens (including phenoxy) is 2. The second kappa shape index (κ2) is 16.7. The zero-order valence-corrected chi connectivity index (χ0v) is 25.3. The molecule has 36 heavy (non-hydrogen) atoms. The summed E-state index contributed by atoms with van der Waals surface area (Å²) in [6, 6.07) is 0. The van der Waals surface area contributed by atoms with Crippen LogP contribution in [-0.2, 0) is 19.1 Å². The van der Waals surface area contributed by atoms with E-state index in [1.54, 1.807) is 0 Å². The SMILES string of the molecule is CCCCCCC(C)C(C)(C)COC(=O)C1CCC(C(=O)OCC(C)(C)C(C)CCCCCC)CC1. The predicted octanol–water partition coefficient (Wildman–Crippen LogP) is 9.14. The minimum Gasteiger partial charge on any atom is -0.465 e. The van der Waals surface area contributed by atoms with Gasteiger partial charge in [-0.1, -0.05) is 120 Å². The van der Waals surface area contributed by atoms with Crippen molar-refractivity contribution in [1.29, 1.82) is 0 Å². The Labute approximate surface area is 224 Å². The lowest BCUT2D eigenvalue weighted by molar-refractivity contribution is -0.159. The van der Waals surface area contributed by atoms with Crippen molar-refractivity contribution < 1.29 is 19.1 Å². The first-order valence-electron chi connectivity index (χ1n) is 15.3. The van der Waals surface area contributed by atoms with E-state index in [0.29, 0.717) is 25.0 Å². The molecule has 4 nitrogen and oxygen atoms in total. The Morgan fingerprint density at radius 3 is 1.28 bits per heavy atom. The molecule has 1 saturated carbocycles. The van der Waals surface area contributed by atoms with Crippen LogP contribution in [0.1, 0.15) is 145 Å². The Hall–Kier alpha value is -1.06. The number of hydrogen-bond acceptors (Lipinski definition) is 4. The first-order valence-corrected chi connectivity index (χ1v) is 15.3. The van der Waals surface area contributed by atoms with Gasteiger partial charge in [-0.05, 0) is 37.5 Å². The molecule has 2 atom stereocenters. The number of unbranched alkanes of at least 4 members (excludes halogenated alkanes) is 6. The molecule has 0 spiro atoms. The van der Waals surface area contributed by atoms with Gasteiger partial charge >= 0.3 is 11.9 Å². The zero-order valence-electron chi connectivity index (χ0n) is 25.3. The van der Waals surface area contributed by atoms with Crippen molar-refractivity contribution >= 4 is 11.9 Å². The normalized spacial score (nSPS) is 20.6. The van der Waals surface area contributed by atoms with Crippen molar-refractivity contribution in [3.63, 3.8) is 0 Å². The molecule has 4 heteroatoms. The highest BCUT2D eigenvalue weighted by molar-refractivity contribution is 5.75. The van der Waals surface area contributed by atoms with Gasteiger partial charge in [0.1, 0.15) is 0 Å². The van der Waals surface area contributed by atoms with E-state index in [9.17, 15) is 9.59 Å². The van der Waals surface area contributed by atoms with Crippen molar-refractivity contribution in [2.75, 3.05) is 13.2 Å². The Kier molecular flexibility index (Phi) is 15.3. The van der Waals surface area contributed by atoms with Crippen molar-refractivity contribution in [1.82, 2.24) is 0 Å². The van der Waals surface area contributed by atoms with Crippen LogP contribution in [0.15, 0.2) is 0 Å². The highest BCUT2D eigenvalue weighted by atomic mass is 16.5. The summed E-state index contributed by atoms with van der Waals surface area (Å²) < 4.78 is 11.6. The molecule has 2 unspecified atom stereocenters. The molecule has 0 aromatic heterocycles. The molecule has 212 valence electrons. The smallest absolute Gasteiger partial charge is 0.308 e. The Morgan fingerprint density at radius 1 is 0.639 bits per heavy atom. The summed E-state index contributed by atoms with van der Waals surface area (Å²) in [6.07, 6.45) is 15.5. The van der Waals surface area contributed by atoms with Crippen LogP contribution in [0.5, 0.6) is 0 Å². The number of rotatable bonds is 18. The highest BCUT2D eigenvalue weighted by Crippen LogP contribution is 2.35. The lowest BCUT2D eigenvalue weighted by Gasteiger charge is -2.33.